The third-order valence-electron chi connectivity index (χ3n) is 4.17. The summed E-state index contributed by atoms with van der Waals surface area (Å²) >= 11 is 0. The smallest absolute Gasteiger partial charge is 0.167 e. The third-order valence-corrected chi connectivity index (χ3v) is 4.17. The minimum absolute atomic E-state index is 0.175. The zero-order chi connectivity index (χ0) is 13.5. The number of hydrogen-bond acceptors (Lipinski definition) is 2. The Morgan fingerprint density at radius 3 is 2.80 bits per heavy atom. The van der Waals surface area contributed by atoms with Crippen LogP contribution in [0.3, 0.4) is 0 Å². The minimum atomic E-state index is 0.175. The van der Waals surface area contributed by atoms with E-state index < -0.39 is 0 Å². The van der Waals surface area contributed by atoms with Crippen molar-refractivity contribution in [3.8, 4) is 0 Å². The van der Waals surface area contributed by atoms with Crippen molar-refractivity contribution in [3.63, 3.8) is 0 Å². The number of hydrogen-bond donors (Lipinski definition) is 0. The van der Waals surface area contributed by atoms with Crippen LogP contribution >= 0.6 is 0 Å². The summed E-state index contributed by atoms with van der Waals surface area (Å²) in [5, 5.41) is 0.921. The van der Waals surface area contributed by atoms with E-state index in [4.69, 9.17) is 4.42 Å². The minimum Gasteiger partial charge on any atom is -0.464 e. The molecule has 0 radical (unpaired) electrons. The number of Topliss-reactive ketones (excluding diaryl/α,β-unsaturated/α-hetero) is 1. The van der Waals surface area contributed by atoms with Crippen LogP contribution < -0.4 is 0 Å². The summed E-state index contributed by atoms with van der Waals surface area (Å²) in [4.78, 5) is 12.5. The topological polar surface area (TPSA) is 30.2 Å². The summed E-state index contributed by atoms with van der Waals surface area (Å²) in [5.41, 5.74) is 4.20. The van der Waals surface area contributed by atoms with Crippen LogP contribution in [-0.2, 0) is 6.42 Å². The number of para-hydroxylation sites is 1. The number of ketones is 1. The van der Waals surface area contributed by atoms with Crippen molar-refractivity contribution in [1.29, 1.82) is 0 Å². The fourth-order valence-electron chi connectivity index (χ4n) is 3.07. The molecule has 1 heterocycles. The molecule has 1 atom stereocenters. The van der Waals surface area contributed by atoms with Gasteiger partial charge < -0.3 is 4.42 Å². The van der Waals surface area contributed by atoms with E-state index in [1.54, 1.807) is 6.26 Å². The van der Waals surface area contributed by atoms with Gasteiger partial charge in [0.25, 0.3) is 0 Å². The van der Waals surface area contributed by atoms with E-state index >= 15 is 0 Å². The number of benzene rings is 2. The molecule has 1 aliphatic rings. The number of rotatable bonds is 3. The van der Waals surface area contributed by atoms with Crippen LogP contribution in [0, 0.1) is 0 Å². The second kappa shape index (κ2) is 4.34. The van der Waals surface area contributed by atoms with Crippen molar-refractivity contribution >= 4 is 16.8 Å². The standard InChI is InChI=1S/C18H14O2/c19-17(10-13-9-12-5-1-2-6-14(12)13)16-11-20-18-8-4-3-7-15(16)18/h1-8,11,13H,9-10H2. The lowest BCUT2D eigenvalue weighted by Gasteiger charge is -2.29. The van der Waals surface area contributed by atoms with Gasteiger partial charge in [0.1, 0.15) is 11.8 Å². The molecular formula is C18H14O2. The van der Waals surface area contributed by atoms with Crippen LogP contribution in [0.25, 0.3) is 11.0 Å². The Balaban J connectivity index is 1.60. The molecule has 0 aliphatic heterocycles. The first-order chi connectivity index (χ1) is 9.83. The zero-order valence-electron chi connectivity index (χ0n) is 11.0. The molecular weight excluding hydrogens is 248 g/mol. The van der Waals surface area contributed by atoms with Gasteiger partial charge in [0.15, 0.2) is 5.78 Å². The molecule has 2 heteroatoms. The highest BCUT2D eigenvalue weighted by Gasteiger charge is 2.28. The molecule has 2 aromatic carbocycles. The van der Waals surface area contributed by atoms with Crippen LogP contribution in [-0.4, -0.2) is 5.78 Å². The first-order valence-electron chi connectivity index (χ1n) is 6.90. The zero-order valence-corrected chi connectivity index (χ0v) is 11.0. The molecule has 1 unspecified atom stereocenters. The van der Waals surface area contributed by atoms with Crippen LogP contribution in [0.4, 0.5) is 0 Å². The fraction of sp³-hybridized carbons (Fsp3) is 0.167. The van der Waals surface area contributed by atoms with Crippen LogP contribution in [0.5, 0.6) is 0 Å². The van der Waals surface area contributed by atoms with E-state index in [1.807, 2.05) is 30.3 Å². The van der Waals surface area contributed by atoms with Gasteiger partial charge in [0, 0.05) is 11.8 Å². The van der Waals surface area contributed by atoms with E-state index in [0.29, 0.717) is 17.9 Å². The first kappa shape index (κ1) is 11.5. The van der Waals surface area contributed by atoms with E-state index in [9.17, 15) is 4.79 Å². The summed E-state index contributed by atoms with van der Waals surface area (Å²) in [7, 11) is 0. The average molecular weight is 262 g/mol. The van der Waals surface area contributed by atoms with E-state index in [0.717, 1.165) is 17.4 Å². The number of carbonyl (C=O) groups is 1. The summed E-state index contributed by atoms with van der Waals surface area (Å²) in [6.07, 6.45) is 3.18. The Morgan fingerprint density at radius 2 is 1.90 bits per heavy atom. The lowest BCUT2D eigenvalue weighted by molar-refractivity contribution is 0.0971. The molecule has 0 spiro atoms. The Bertz CT molecular complexity index is 798. The maximum atomic E-state index is 12.5. The Kier molecular flexibility index (Phi) is 2.49. The SMILES string of the molecule is O=C(CC1Cc2ccccc21)c1coc2ccccc12. The molecule has 0 saturated heterocycles. The summed E-state index contributed by atoms with van der Waals surface area (Å²) in [6.45, 7) is 0. The molecule has 0 fully saturated rings. The van der Waals surface area contributed by atoms with E-state index in [1.165, 1.54) is 11.1 Å². The number of furan rings is 1. The van der Waals surface area contributed by atoms with E-state index in [-0.39, 0.29) is 5.78 Å². The summed E-state index contributed by atoms with van der Waals surface area (Å²) in [6, 6.07) is 16.1. The average Bonchev–Trinajstić information content (AvgIpc) is 2.88. The van der Waals surface area contributed by atoms with E-state index in [2.05, 4.69) is 18.2 Å². The van der Waals surface area contributed by atoms with Gasteiger partial charge >= 0.3 is 0 Å². The number of fused-ring (bicyclic) bond motifs is 2. The van der Waals surface area contributed by atoms with Gasteiger partial charge in [-0.1, -0.05) is 42.5 Å². The van der Waals surface area contributed by atoms with Crippen molar-refractivity contribution in [1.82, 2.24) is 0 Å². The van der Waals surface area contributed by atoms with Gasteiger partial charge in [-0.25, -0.2) is 0 Å². The molecule has 3 aromatic rings. The molecule has 1 aliphatic carbocycles. The van der Waals surface area contributed by atoms with Gasteiger partial charge in [0.05, 0.1) is 5.56 Å². The fourth-order valence-corrected chi connectivity index (χ4v) is 3.07. The lowest BCUT2D eigenvalue weighted by atomic mass is 9.74. The highest BCUT2D eigenvalue weighted by Crippen LogP contribution is 2.38. The Labute approximate surface area is 117 Å². The second-order valence-corrected chi connectivity index (χ2v) is 5.37. The molecule has 20 heavy (non-hydrogen) atoms. The first-order valence-corrected chi connectivity index (χ1v) is 6.90. The molecule has 1 aromatic heterocycles. The third kappa shape index (κ3) is 1.68. The normalized spacial score (nSPS) is 16.7. The lowest BCUT2D eigenvalue weighted by Crippen LogP contribution is -2.20. The Hall–Kier alpha value is -2.35. The van der Waals surface area contributed by atoms with Crippen molar-refractivity contribution in [2.45, 2.75) is 18.8 Å². The van der Waals surface area contributed by atoms with Gasteiger partial charge in [-0.2, -0.15) is 0 Å². The van der Waals surface area contributed by atoms with Crippen LogP contribution in [0.15, 0.2) is 59.2 Å². The van der Waals surface area contributed by atoms with Crippen LogP contribution in [0.1, 0.15) is 33.8 Å². The van der Waals surface area contributed by atoms with Gasteiger partial charge in [-0.15, -0.1) is 0 Å². The van der Waals surface area contributed by atoms with Crippen molar-refractivity contribution in [3.05, 3.63) is 71.5 Å². The van der Waals surface area contributed by atoms with Gasteiger partial charge in [-0.3, -0.25) is 4.79 Å². The quantitative estimate of drug-likeness (QED) is 0.657. The van der Waals surface area contributed by atoms with Gasteiger partial charge in [-0.05, 0) is 29.5 Å². The predicted molar refractivity (Wildman–Crippen MR) is 78.0 cm³/mol. The molecule has 0 N–H and O–H groups in total. The molecule has 0 saturated carbocycles. The maximum absolute atomic E-state index is 12.5. The molecule has 4 rings (SSSR count). The van der Waals surface area contributed by atoms with Crippen molar-refractivity contribution < 1.29 is 9.21 Å². The molecule has 98 valence electrons. The maximum Gasteiger partial charge on any atom is 0.167 e. The van der Waals surface area contributed by atoms with Crippen LogP contribution in [0.2, 0.25) is 0 Å². The molecule has 0 amide bonds. The van der Waals surface area contributed by atoms with Crippen molar-refractivity contribution in [2.24, 2.45) is 0 Å². The summed E-state index contributed by atoms with van der Waals surface area (Å²) < 4.78 is 5.45. The van der Waals surface area contributed by atoms with Gasteiger partial charge in [0.2, 0.25) is 0 Å². The molecule has 2 nitrogen and oxygen atoms in total. The predicted octanol–water partition coefficient (Wildman–Crippen LogP) is 4.35. The largest absolute Gasteiger partial charge is 0.464 e. The van der Waals surface area contributed by atoms with Crippen molar-refractivity contribution in [2.75, 3.05) is 0 Å². The second-order valence-electron chi connectivity index (χ2n) is 5.37. The highest BCUT2D eigenvalue weighted by atomic mass is 16.3. The highest BCUT2D eigenvalue weighted by molar-refractivity contribution is 6.07. The number of carbonyl (C=O) groups excluding carboxylic acids is 1. The molecule has 0 bridgehead atoms. The monoisotopic (exact) mass is 262 g/mol. The Morgan fingerprint density at radius 1 is 1.10 bits per heavy atom. The summed E-state index contributed by atoms with van der Waals surface area (Å²) in [5.74, 6) is 0.543.